The van der Waals surface area contributed by atoms with E-state index in [1.165, 1.54) is 11.8 Å². The number of phenolic OH excluding ortho intramolecular Hbond substituents is 1. The van der Waals surface area contributed by atoms with Crippen molar-refractivity contribution >= 4 is 17.7 Å². The number of hydrogen-bond donors (Lipinski definition) is 2. The van der Waals surface area contributed by atoms with E-state index in [4.69, 9.17) is 0 Å². The number of thioether (sulfide) groups is 1. The molecule has 0 unspecified atom stereocenters. The standard InChI is InChI=1S/C24H22N4O2S/c1-17(18-10-4-2-5-11-18)25-22(30)16-31-24-27-26-23(20-14-8-9-15-21(20)29)28(24)19-12-6-3-7-13-19/h2-15,17,29H,16H2,1H3,(H,25,30)/t17-/m1/s1. The highest BCUT2D eigenvalue weighted by atomic mass is 32.2. The average Bonchev–Trinajstić information content (AvgIpc) is 3.23. The molecule has 0 aliphatic carbocycles. The summed E-state index contributed by atoms with van der Waals surface area (Å²) < 4.78 is 1.85. The summed E-state index contributed by atoms with van der Waals surface area (Å²) in [6.45, 7) is 1.96. The molecule has 31 heavy (non-hydrogen) atoms. The van der Waals surface area contributed by atoms with Gasteiger partial charge in [0.25, 0.3) is 0 Å². The van der Waals surface area contributed by atoms with Gasteiger partial charge in [0.1, 0.15) is 5.75 Å². The fourth-order valence-electron chi connectivity index (χ4n) is 3.25. The molecule has 0 radical (unpaired) electrons. The van der Waals surface area contributed by atoms with E-state index >= 15 is 0 Å². The Kier molecular flexibility index (Phi) is 6.33. The van der Waals surface area contributed by atoms with Crippen LogP contribution in [-0.4, -0.2) is 31.5 Å². The number of nitrogens with zero attached hydrogens (tertiary/aromatic N) is 3. The van der Waals surface area contributed by atoms with Crippen molar-refractivity contribution in [1.82, 2.24) is 20.1 Å². The molecule has 4 rings (SSSR count). The van der Waals surface area contributed by atoms with Gasteiger partial charge in [0, 0.05) is 5.69 Å². The van der Waals surface area contributed by atoms with Crippen molar-refractivity contribution in [1.29, 1.82) is 0 Å². The van der Waals surface area contributed by atoms with Gasteiger partial charge in [-0.25, -0.2) is 0 Å². The molecule has 0 spiro atoms. The molecule has 2 N–H and O–H groups in total. The summed E-state index contributed by atoms with van der Waals surface area (Å²) in [5.74, 6) is 0.749. The molecule has 156 valence electrons. The molecule has 1 heterocycles. The fraction of sp³-hybridized carbons (Fsp3) is 0.125. The van der Waals surface area contributed by atoms with Crippen LogP contribution in [0, 0.1) is 0 Å². The maximum Gasteiger partial charge on any atom is 0.230 e. The highest BCUT2D eigenvalue weighted by Crippen LogP contribution is 2.32. The van der Waals surface area contributed by atoms with Crippen molar-refractivity contribution in [3.63, 3.8) is 0 Å². The molecule has 1 atom stereocenters. The monoisotopic (exact) mass is 430 g/mol. The number of carbonyl (C=O) groups is 1. The summed E-state index contributed by atoms with van der Waals surface area (Å²) >= 11 is 1.30. The Bertz CT molecular complexity index is 1160. The van der Waals surface area contributed by atoms with E-state index in [2.05, 4.69) is 15.5 Å². The first-order valence-electron chi connectivity index (χ1n) is 9.90. The van der Waals surface area contributed by atoms with Crippen molar-refractivity contribution in [2.24, 2.45) is 0 Å². The first kappa shape index (κ1) is 20.7. The smallest absolute Gasteiger partial charge is 0.230 e. The Hall–Kier alpha value is -3.58. The number of rotatable bonds is 7. The van der Waals surface area contributed by atoms with Crippen LogP contribution in [0.4, 0.5) is 0 Å². The zero-order valence-corrected chi connectivity index (χ0v) is 17.8. The molecule has 1 aromatic heterocycles. The van der Waals surface area contributed by atoms with Gasteiger partial charge in [0.2, 0.25) is 5.91 Å². The van der Waals surface area contributed by atoms with Crippen LogP contribution in [0.2, 0.25) is 0 Å². The van der Waals surface area contributed by atoms with Crippen LogP contribution in [0.3, 0.4) is 0 Å². The van der Waals surface area contributed by atoms with Gasteiger partial charge in [0.15, 0.2) is 11.0 Å². The third kappa shape index (κ3) is 4.78. The van der Waals surface area contributed by atoms with Gasteiger partial charge in [-0.2, -0.15) is 0 Å². The number of hydrogen-bond acceptors (Lipinski definition) is 5. The number of aromatic nitrogens is 3. The van der Waals surface area contributed by atoms with Crippen LogP contribution < -0.4 is 5.32 Å². The molecule has 1 amide bonds. The molecule has 0 aliphatic heterocycles. The van der Waals surface area contributed by atoms with Crippen molar-refractivity contribution in [3.05, 3.63) is 90.5 Å². The minimum Gasteiger partial charge on any atom is -0.507 e. The summed E-state index contributed by atoms with van der Waals surface area (Å²) in [4.78, 5) is 12.5. The number of nitrogens with one attached hydrogen (secondary N) is 1. The minimum absolute atomic E-state index is 0.0851. The molecule has 0 fully saturated rings. The van der Waals surface area contributed by atoms with Crippen molar-refractivity contribution in [2.75, 3.05) is 5.75 Å². The van der Waals surface area contributed by atoms with Gasteiger partial charge in [-0.3, -0.25) is 9.36 Å². The average molecular weight is 431 g/mol. The first-order valence-corrected chi connectivity index (χ1v) is 10.9. The Morgan fingerprint density at radius 1 is 0.968 bits per heavy atom. The zero-order chi connectivity index (χ0) is 21.6. The second-order valence-corrected chi connectivity index (χ2v) is 7.93. The maximum absolute atomic E-state index is 12.5. The van der Waals surface area contributed by atoms with Crippen molar-refractivity contribution in [2.45, 2.75) is 18.1 Å². The molecule has 0 bridgehead atoms. The number of amides is 1. The SMILES string of the molecule is C[C@@H](NC(=O)CSc1nnc(-c2ccccc2O)n1-c1ccccc1)c1ccccc1. The van der Waals surface area contributed by atoms with E-state index in [1.54, 1.807) is 18.2 Å². The van der Waals surface area contributed by atoms with Crippen LogP contribution in [-0.2, 0) is 4.79 Å². The quantitative estimate of drug-likeness (QED) is 0.419. The van der Waals surface area contributed by atoms with E-state index in [0.29, 0.717) is 16.5 Å². The molecule has 3 aromatic carbocycles. The predicted octanol–water partition coefficient (Wildman–Crippen LogP) is 4.61. The van der Waals surface area contributed by atoms with Gasteiger partial charge < -0.3 is 10.4 Å². The minimum atomic E-state index is -0.0897. The molecule has 0 aliphatic rings. The van der Waals surface area contributed by atoms with Gasteiger partial charge >= 0.3 is 0 Å². The third-order valence-corrected chi connectivity index (χ3v) is 5.73. The fourth-order valence-corrected chi connectivity index (χ4v) is 4.01. The predicted molar refractivity (Wildman–Crippen MR) is 122 cm³/mol. The van der Waals surface area contributed by atoms with Crippen molar-refractivity contribution in [3.8, 4) is 22.8 Å². The number of benzene rings is 3. The molecular weight excluding hydrogens is 408 g/mol. The number of para-hydroxylation sites is 2. The lowest BCUT2D eigenvalue weighted by Crippen LogP contribution is -2.28. The topological polar surface area (TPSA) is 80.0 Å². The number of carbonyl (C=O) groups excluding carboxylic acids is 1. The lowest BCUT2D eigenvalue weighted by molar-refractivity contribution is -0.119. The second-order valence-electron chi connectivity index (χ2n) is 6.98. The zero-order valence-electron chi connectivity index (χ0n) is 17.0. The van der Waals surface area contributed by atoms with Crippen LogP contribution in [0.5, 0.6) is 5.75 Å². The highest BCUT2D eigenvalue weighted by Gasteiger charge is 2.19. The van der Waals surface area contributed by atoms with Gasteiger partial charge in [-0.1, -0.05) is 72.4 Å². The summed E-state index contributed by atoms with van der Waals surface area (Å²) in [5, 5.41) is 22.5. The lowest BCUT2D eigenvalue weighted by atomic mass is 10.1. The molecular formula is C24H22N4O2S. The first-order chi connectivity index (χ1) is 15.1. The van der Waals surface area contributed by atoms with Gasteiger partial charge in [-0.15, -0.1) is 10.2 Å². The molecule has 0 saturated heterocycles. The van der Waals surface area contributed by atoms with E-state index in [1.807, 2.05) is 78.2 Å². The van der Waals surface area contributed by atoms with E-state index in [9.17, 15) is 9.90 Å². The van der Waals surface area contributed by atoms with Crippen LogP contribution in [0.15, 0.2) is 90.1 Å². The largest absolute Gasteiger partial charge is 0.507 e. The van der Waals surface area contributed by atoms with Crippen LogP contribution in [0.25, 0.3) is 17.1 Å². The summed E-state index contributed by atoms with van der Waals surface area (Å²) in [5.41, 5.74) is 2.48. The third-order valence-electron chi connectivity index (χ3n) is 4.80. The summed E-state index contributed by atoms with van der Waals surface area (Å²) in [6.07, 6.45) is 0. The van der Waals surface area contributed by atoms with Crippen molar-refractivity contribution < 1.29 is 9.90 Å². The Morgan fingerprint density at radius 3 is 2.32 bits per heavy atom. The van der Waals surface area contributed by atoms with Crippen LogP contribution in [0.1, 0.15) is 18.5 Å². The Balaban J connectivity index is 1.56. The Labute approximate surface area is 185 Å². The van der Waals surface area contributed by atoms with Crippen LogP contribution >= 0.6 is 11.8 Å². The van der Waals surface area contributed by atoms with E-state index in [-0.39, 0.29) is 23.5 Å². The molecule has 7 heteroatoms. The summed E-state index contributed by atoms with van der Waals surface area (Å²) in [7, 11) is 0. The number of phenols is 1. The molecule has 0 saturated carbocycles. The second kappa shape index (κ2) is 9.49. The molecule has 4 aromatic rings. The molecule has 6 nitrogen and oxygen atoms in total. The lowest BCUT2D eigenvalue weighted by Gasteiger charge is -2.14. The van der Waals surface area contributed by atoms with E-state index < -0.39 is 0 Å². The van der Waals surface area contributed by atoms with E-state index in [0.717, 1.165) is 11.3 Å². The number of aromatic hydroxyl groups is 1. The van der Waals surface area contributed by atoms with Gasteiger partial charge in [-0.05, 0) is 36.8 Å². The normalized spacial score (nSPS) is 11.8. The maximum atomic E-state index is 12.5. The summed E-state index contributed by atoms with van der Waals surface area (Å²) in [6, 6.07) is 26.4. The van der Waals surface area contributed by atoms with Gasteiger partial charge in [0.05, 0.1) is 17.4 Å². The highest BCUT2D eigenvalue weighted by molar-refractivity contribution is 7.99. The Morgan fingerprint density at radius 2 is 1.61 bits per heavy atom.